The number of carbonyl (C=O) groups is 4. The highest BCUT2D eigenvalue weighted by atomic mass is 16.5. The molecule has 0 unspecified atom stereocenters. The molecule has 8 rings (SSSR count). The molecule has 15 nitrogen and oxygen atoms in total. The normalized spacial score (nSPS) is 23.3. The molecular weight excluding hydrogens is 863 g/mol. The van der Waals surface area contributed by atoms with Crippen molar-refractivity contribution in [3.63, 3.8) is 0 Å². The van der Waals surface area contributed by atoms with E-state index in [2.05, 4.69) is 58.1 Å². The molecule has 4 aliphatic heterocycles. The van der Waals surface area contributed by atoms with Crippen LogP contribution in [0.3, 0.4) is 0 Å². The second-order valence-electron chi connectivity index (χ2n) is 20.8. The van der Waals surface area contributed by atoms with E-state index in [0.29, 0.717) is 63.5 Å². The van der Waals surface area contributed by atoms with Gasteiger partial charge in [-0.05, 0) is 123 Å². The average molecular weight is 934 g/mol. The molecule has 3 N–H and O–H groups in total. The lowest BCUT2D eigenvalue weighted by atomic mass is 9.84. The first-order chi connectivity index (χ1) is 32.5. The number of esters is 1. The average Bonchev–Trinajstić information content (AvgIpc) is 3.93. The van der Waals surface area contributed by atoms with Crippen LogP contribution in [0.15, 0.2) is 54.9 Å². The predicted octanol–water partition coefficient (Wildman–Crippen LogP) is 6.26. The summed E-state index contributed by atoms with van der Waals surface area (Å²) in [6, 6.07) is 12.0. The molecule has 6 heterocycles. The minimum atomic E-state index is -1.24. The number of hydrogen-bond acceptors (Lipinski definition) is 11. The Labute approximate surface area is 400 Å². The number of nitrogens with zero attached hydrogens (tertiary/aromatic N) is 5. The summed E-state index contributed by atoms with van der Waals surface area (Å²) in [5, 5.41) is 16.9. The van der Waals surface area contributed by atoms with Gasteiger partial charge in [-0.1, -0.05) is 39.8 Å². The summed E-state index contributed by atoms with van der Waals surface area (Å²) in [5.41, 5.74) is 8.75. The minimum absolute atomic E-state index is 0.0143. The number of ether oxygens (including phenoxy) is 3. The summed E-state index contributed by atoms with van der Waals surface area (Å²) in [7, 11) is 3.37. The van der Waals surface area contributed by atoms with Crippen LogP contribution in [0.1, 0.15) is 90.3 Å². The van der Waals surface area contributed by atoms with Gasteiger partial charge in [0.2, 0.25) is 11.8 Å². The first-order valence-electron chi connectivity index (χ1n) is 24.6. The zero-order valence-corrected chi connectivity index (χ0v) is 41.2. The number of methoxy groups -OCH3 is 1. The molecule has 3 amide bonds. The maximum Gasteiger partial charge on any atom is 0.327 e. The Morgan fingerprint density at radius 3 is 2.56 bits per heavy atom. The number of nitrogens with one attached hydrogen (secondary N) is 2. The number of fused-ring (bicyclic) bond motifs is 6. The number of phenols is 1. The van der Waals surface area contributed by atoms with Gasteiger partial charge < -0.3 is 34.1 Å². The Bertz CT molecular complexity index is 2510. The van der Waals surface area contributed by atoms with E-state index >= 15 is 0 Å². The number of likely N-dealkylation sites (N-methyl/N-ethyl adjacent to an activating group) is 1. The molecule has 0 saturated carbocycles. The van der Waals surface area contributed by atoms with Crippen molar-refractivity contribution in [3.05, 3.63) is 71.5 Å². The van der Waals surface area contributed by atoms with Gasteiger partial charge in [-0.15, -0.1) is 0 Å². The topological polar surface area (TPSA) is 168 Å². The van der Waals surface area contributed by atoms with Crippen molar-refractivity contribution in [2.45, 2.75) is 123 Å². The number of phenolic OH excluding ortho intramolecular Hbond substituents is 1. The molecule has 2 aromatic carbocycles. The molecule has 0 spiro atoms. The number of hydrazine groups is 1. The van der Waals surface area contributed by atoms with Crippen LogP contribution in [0, 0.1) is 17.3 Å². The third-order valence-electron chi connectivity index (χ3n) is 14.7. The van der Waals surface area contributed by atoms with Crippen LogP contribution in [-0.4, -0.2) is 130 Å². The van der Waals surface area contributed by atoms with Crippen LogP contribution in [0.25, 0.3) is 33.3 Å². The monoisotopic (exact) mass is 934 g/mol. The molecule has 6 bridgehead atoms. The van der Waals surface area contributed by atoms with Crippen LogP contribution < -0.4 is 10.7 Å². The number of amides is 3. The summed E-state index contributed by atoms with van der Waals surface area (Å²) in [6.45, 7) is 16.3. The number of aromatic nitrogens is 2. The van der Waals surface area contributed by atoms with Gasteiger partial charge in [-0.3, -0.25) is 29.3 Å². The van der Waals surface area contributed by atoms with Gasteiger partial charge in [0.15, 0.2) is 0 Å². The van der Waals surface area contributed by atoms with Gasteiger partial charge in [0.05, 0.1) is 24.8 Å². The van der Waals surface area contributed by atoms with Crippen molar-refractivity contribution >= 4 is 34.6 Å². The molecular formula is C53H71N7O8. The summed E-state index contributed by atoms with van der Waals surface area (Å²) in [6.07, 6.45) is 7.79. The van der Waals surface area contributed by atoms with Crippen molar-refractivity contribution in [2.75, 3.05) is 53.6 Å². The number of rotatable bonds is 10. The van der Waals surface area contributed by atoms with Gasteiger partial charge in [0.1, 0.15) is 23.4 Å². The lowest BCUT2D eigenvalue weighted by molar-refractivity contribution is -0.162. The number of pyridine rings is 1. The van der Waals surface area contributed by atoms with Crippen LogP contribution in [0.5, 0.6) is 5.75 Å². The largest absolute Gasteiger partial charge is 0.508 e. The second-order valence-corrected chi connectivity index (χ2v) is 20.8. The fourth-order valence-corrected chi connectivity index (χ4v) is 11.2. The zero-order valence-electron chi connectivity index (χ0n) is 41.2. The molecule has 3 saturated heterocycles. The molecule has 4 aromatic rings. The molecule has 4 atom stereocenters. The molecule has 15 heteroatoms. The smallest absolute Gasteiger partial charge is 0.327 e. The lowest BCUT2D eigenvalue weighted by Gasteiger charge is -2.41. The maximum absolute atomic E-state index is 14.9. The van der Waals surface area contributed by atoms with Crippen LogP contribution >= 0.6 is 0 Å². The van der Waals surface area contributed by atoms with E-state index in [1.807, 2.05) is 38.2 Å². The number of likely N-dealkylation sites (tertiary alicyclic amines) is 1. The number of aryl methyl sites for hydroxylation is 1. The Morgan fingerprint density at radius 2 is 1.82 bits per heavy atom. The summed E-state index contributed by atoms with van der Waals surface area (Å²) >= 11 is 0. The molecule has 0 radical (unpaired) electrons. The van der Waals surface area contributed by atoms with Crippen molar-refractivity contribution in [3.8, 4) is 28.1 Å². The van der Waals surface area contributed by atoms with Gasteiger partial charge >= 0.3 is 5.97 Å². The quantitative estimate of drug-likeness (QED) is 0.154. The maximum atomic E-state index is 14.9. The van der Waals surface area contributed by atoms with E-state index in [4.69, 9.17) is 14.2 Å². The van der Waals surface area contributed by atoms with Crippen molar-refractivity contribution < 1.29 is 38.5 Å². The first-order valence-corrected chi connectivity index (χ1v) is 24.6. The van der Waals surface area contributed by atoms with Crippen molar-refractivity contribution in [1.82, 2.24) is 35.1 Å². The zero-order chi connectivity index (χ0) is 48.5. The number of benzene rings is 2. The highest BCUT2D eigenvalue weighted by molar-refractivity contribution is 5.96. The number of carbonyl (C=O) groups excluding carboxylic acids is 4. The van der Waals surface area contributed by atoms with E-state index in [0.717, 1.165) is 77.0 Å². The molecule has 0 aliphatic carbocycles. The molecule has 3 fully saturated rings. The second kappa shape index (κ2) is 20.3. The highest BCUT2D eigenvalue weighted by Gasteiger charge is 2.44. The Balaban J connectivity index is 1.18. The molecule has 68 heavy (non-hydrogen) atoms. The standard InChI is InChI=1S/C53H71N7O8/c1-9-59-45-12-11-35-27-41(45)42(47(59)43-29-54-18-13-37(43)31-66-8)28-52(4,5)32-68-51(65)53(6)17-10-19-60(56-53)50(64)44(25-34-23-38(35)26-40(61)24-34)55-48(62)46(33(2)3)57(7)49(63)36-14-20-58(30-36)39-15-21-67-22-16-39/h11-13,18,23-24,26-27,29,33,36,39,44,46,56,61H,9-10,14-17,19-22,25,28,30-32H2,1-8H3,(H,55,62)/t36-,44-,46-,53+/m0/s1. The van der Waals surface area contributed by atoms with E-state index in [-0.39, 0.29) is 36.5 Å². The predicted molar refractivity (Wildman–Crippen MR) is 260 cm³/mol. The van der Waals surface area contributed by atoms with Gasteiger partial charge in [0.25, 0.3) is 5.91 Å². The Hall–Kier alpha value is -5.35. The number of cyclic esters (lactones) is 1. The van der Waals surface area contributed by atoms with Crippen molar-refractivity contribution in [1.29, 1.82) is 0 Å². The molecule has 366 valence electrons. The third-order valence-corrected chi connectivity index (χ3v) is 14.7. The lowest BCUT2D eigenvalue weighted by Crippen LogP contribution is -2.66. The van der Waals surface area contributed by atoms with E-state index < -0.39 is 40.8 Å². The number of aromatic hydroxyl groups is 1. The summed E-state index contributed by atoms with van der Waals surface area (Å²) in [4.78, 5) is 66.6. The highest BCUT2D eigenvalue weighted by Crippen LogP contribution is 2.42. The Kier molecular flexibility index (Phi) is 14.7. The third kappa shape index (κ3) is 10.2. The van der Waals surface area contributed by atoms with E-state index in [9.17, 15) is 24.3 Å². The van der Waals surface area contributed by atoms with Crippen LogP contribution in [-0.2, 0) is 59.4 Å². The van der Waals surface area contributed by atoms with Crippen molar-refractivity contribution in [2.24, 2.45) is 17.3 Å². The van der Waals surface area contributed by atoms with E-state index in [1.165, 1.54) is 5.01 Å². The molecule has 4 aliphatic rings. The SMILES string of the molecule is CCn1c(-c2cnccc2COC)c2c3cc(ccc31)-c1cc(O)cc(c1)C[C@H](NC(=O)[C@H](C(C)C)N(C)C(=O)[C@H]1CCN(C3CCOCC3)C1)C(=O)N1CCC[C@@](C)(N1)C(=O)OCC(C)(C)C2. The summed E-state index contributed by atoms with van der Waals surface area (Å²) < 4.78 is 19.8. The van der Waals surface area contributed by atoms with Gasteiger partial charge in [-0.2, -0.15) is 0 Å². The van der Waals surface area contributed by atoms with E-state index in [1.54, 1.807) is 44.3 Å². The fourth-order valence-electron chi connectivity index (χ4n) is 11.2. The Morgan fingerprint density at radius 1 is 1.04 bits per heavy atom. The van der Waals surface area contributed by atoms with Gasteiger partial charge in [0, 0.05) is 93.7 Å². The summed E-state index contributed by atoms with van der Waals surface area (Å²) in [5.74, 6) is -1.96. The molecule has 2 aromatic heterocycles. The van der Waals surface area contributed by atoms with Gasteiger partial charge in [-0.25, -0.2) is 10.2 Å². The number of hydrogen-bond donors (Lipinski definition) is 3. The first kappa shape index (κ1) is 49.1. The minimum Gasteiger partial charge on any atom is -0.508 e. The van der Waals surface area contributed by atoms with Crippen LogP contribution in [0.2, 0.25) is 0 Å². The fraction of sp³-hybridized carbons (Fsp3) is 0.566. The van der Waals surface area contributed by atoms with Crippen LogP contribution in [0.4, 0.5) is 0 Å².